The Kier molecular flexibility index (Phi) is 8.05. The first-order valence-corrected chi connectivity index (χ1v) is 11.9. The Morgan fingerprint density at radius 1 is 1.10 bits per heavy atom. The van der Waals surface area contributed by atoms with Crippen LogP contribution in [0.15, 0.2) is 41.8 Å². The van der Waals surface area contributed by atoms with Crippen molar-refractivity contribution >= 4 is 23.2 Å². The molecule has 2 aromatic rings. The lowest BCUT2D eigenvalue weighted by atomic mass is 9.81. The van der Waals surface area contributed by atoms with Gasteiger partial charge in [0, 0.05) is 24.0 Å². The minimum absolute atomic E-state index is 0.00210. The molecule has 0 spiro atoms. The predicted molar refractivity (Wildman–Crippen MR) is 123 cm³/mol. The highest BCUT2D eigenvalue weighted by molar-refractivity contribution is 7.10. The Hall–Kier alpha value is -2.18. The number of rotatable bonds is 10. The van der Waals surface area contributed by atoms with Crippen molar-refractivity contribution in [3.63, 3.8) is 0 Å². The molecule has 1 aliphatic heterocycles. The lowest BCUT2D eigenvalue weighted by Crippen LogP contribution is -2.45. The van der Waals surface area contributed by atoms with Gasteiger partial charge >= 0.3 is 0 Å². The van der Waals surface area contributed by atoms with Crippen molar-refractivity contribution in [2.75, 3.05) is 33.2 Å². The van der Waals surface area contributed by atoms with E-state index in [1.807, 2.05) is 41.8 Å². The fraction of sp³-hybridized carbons (Fsp3) is 0.500. The Labute approximate surface area is 184 Å². The Morgan fingerprint density at radius 2 is 1.83 bits per heavy atom. The maximum Gasteiger partial charge on any atom is 0.254 e. The molecule has 2 amide bonds. The predicted octanol–water partition coefficient (Wildman–Crippen LogP) is 4.29. The molecule has 6 heteroatoms. The van der Waals surface area contributed by atoms with E-state index in [1.54, 1.807) is 23.3 Å². The van der Waals surface area contributed by atoms with Crippen LogP contribution in [-0.2, 0) is 4.79 Å². The molecule has 1 aromatic carbocycles. The number of hydrogen-bond donors (Lipinski definition) is 1. The van der Waals surface area contributed by atoms with Crippen LogP contribution >= 0.6 is 11.3 Å². The SMILES string of the molecule is CCCN(CCC)CCCNC(=O)[C@H]1c2ccccc2C(=O)N(C)[C@@H]1c1cccs1. The molecule has 1 aliphatic rings. The summed E-state index contributed by atoms with van der Waals surface area (Å²) in [5, 5.41) is 5.16. The van der Waals surface area contributed by atoms with Crippen LogP contribution < -0.4 is 5.32 Å². The molecule has 0 fully saturated rings. The maximum atomic E-state index is 13.4. The van der Waals surface area contributed by atoms with Crippen molar-refractivity contribution in [3.8, 4) is 0 Å². The van der Waals surface area contributed by atoms with Gasteiger partial charge in [-0.2, -0.15) is 0 Å². The second-order valence-electron chi connectivity index (χ2n) is 7.93. The van der Waals surface area contributed by atoms with Crippen LogP contribution in [0.3, 0.4) is 0 Å². The molecule has 3 rings (SSSR count). The van der Waals surface area contributed by atoms with Gasteiger partial charge in [0.1, 0.15) is 0 Å². The molecule has 5 nitrogen and oxygen atoms in total. The second kappa shape index (κ2) is 10.7. The lowest BCUT2D eigenvalue weighted by molar-refractivity contribution is -0.124. The second-order valence-corrected chi connectivity index (χ2v) is 8.91. The van der Waals surface area contributed by atoms with Gasteiger partial charge in [0.25, 0.3) is 5.91 Å². The summed E-state index contributed by atoms with van der Waals surface area (Å²) in [6.07, 6.45) is 3.22. The van der Waals surface area contributed by atoms with Crippen molar-refractivity contribution in [1.82, 2.24) is 15.1 Å². The Balaban J connectivity index is 1.74. The number of hydrogen-bond acceptors (Lipinski definition) is 4. The molecule has 0 saturated heterocycles. The van der Waals surface area contributed by atoms with E-state index in [4.69, 9.17) is 0 Å². The highest BCUT2D eigenvalue weighted by atomic mass is 32.1. The first-order chi connectivity index (χ1) is 14.6. The summed E-state index contributed by atoms with van der Waals surface area (Å²) in [5.41, 5.74) is 1.46. The van der Waals surface area contributed by atoms with Gasteiger partial charge in [-0.25, -0.2) is 0 Å². The van der Waals surface area contributed by atoms with E-state index in [-0.39, 0.29) is 17.9 Å². The van der Waals surface area contributed by atoms with Gasteiger partial charge in [0.05, 0.1) is 12.0 Å². The van der Waals surface area contributed by atoms with Gasteiger partial charge in [-0.1, -0.05) is 38.1 Å². The summed E-state index contributed by atoms with van der Waals surface area (Å²) in [5.74, 6) is -0.425. The summed E-state index contributed by atoms with van der Waals surface area (Å²) < 4.78 is 0. The van der Waals surface area contributed by atoms with Crippen LogP contribution in [0.2, 0.25) is 0 Å². The van der Waals surface area contributed by atoms with Gasteiger partial charge in [0.2, 0.25) is 5.91 Å². The summed E-state index contributed by atoms with van der Waals surface area (Å²) in [4.78, 5) is 31.5. The number of carbonyl (C=O) groups excluding carboxylic acids is 2. The quantitative estimate of drug-likeness (QED) is 0.576. The van der Waals surface area contributed by atoms with Crippen LogP contribution in [-0.4, -0.2) is 54.8 Å². The monoisotopic (exact) mass is 427 g/mol. The van der Waals surface area contributed by atoms with Crippen LogP contribution in [0.1, 0.15) is 65.9 Å². The molecule has 1 aromatic heterocycles. The lowest BCUT2D eigenvalue weighted by Gasteiger charge is -2.39. The largest absolute Gasteiger partial charge is 0.355 e. The molecule has 2 atom stereocenters. The summed E-state index contributed by atoms with van der Waals surface area (Å²) in [6.45, 7) is 8.25. The van der Waals surface area contributed by atoms with E-state index in [1.165, 1.54) is 0 Å². The minimum Gasteiger partial charge on any atom is -0.355 e. The highest BCUT2D eigenvalue weighted by Gasteiger charge is 2.42. The molecular formula is C24H33N3O2S. The molecule has 30 heavy (non-hydrogen) atoms. The standard InChI is InChI=1S/C24H33N3O2S/c1-4-14-27(15-5-2)16-9-13-25-23(28)21-18-10-6-7-11-19(18)24(29)26(3)22(21)20-12-8-17-30-20/h6-8,10-12,17,21-22H,4-5,9,13-16H2,1-3H3,(H,25,28)/t21-,22+/m0/s1. The molecular weight excluding hydrogens is 394 g/mol. The van der Waals surface area contributed by atoms with Crippen molar-refractivity contribution in [3.05, 3.63) is 57.8 Å². The fourth-order valence-corrected chi connectivity index (χ4v) is 5.27. The number of fused-ring (bicyclic) bond motifs is 1. The third-order valence-electron chi connectivity index (χ3n) is 5.73. The first-order valence-electron chi connectivity index (χ1n) is 11.0. The molecule has 1 N–H and O–H groups in total. The Morgan fingerprint density at radius 3 is 2.50 bits per heavy atom. The zero-order chi connectivity index (χ0) is 21.5. The van der Waals surface area contributed by atoms with E-state index in [2.05, 4.69) is 24.1 Å². The van der Waals surface area contributed by atoms with E-state index in [9.17, 15) is 9.59 Å². The van der Waals surface area contributed by atoms with Crippen molar-refractivity contribution in [2.24, 2.45) is 0 Å². The number of carbonyl (C=O) groups is 2. The van der Waals surface area contributed by atoms with Crippen LogP contribution in [0, 0.1) is 0 Å². The summed E-state index contributed by atoms with van der Waals surface area (Å²) >= 11 is 1.59. The summed E-state index contributed by atoms with van der Waals surface area (Å²) in [6, 6.07) is 11.2. The van der Waals surface area contributed by atoms with E-state index in [0.717, 1.165) is 49.3 Å². The van der Waals surface area contributed by atoms with E-state index < -0.39 is 5.92 Å². The van der Waals surface area contributed by atoms with Crippen molar-refractivity contribution < 1.29 is 9.59 Å². The molecule has 0 unspecified atom stereocenters. The van der Waals surface area contributed by atoms with Gasteiger partial charge < -0.3 is 15.1 Å². The van der Waals surface area contributed by atoms with E-state index in [0.29, 0.717) is 12.1 Å². The number of thiophene rings is 1. The molecule has 0 saturated carbocycles. The average Bonchev–Trinajstić information content (AvgIpc) is 3.28. The van der Waals surface area contributed by atoms with E-state index >= 15 is 0 Å². The molecule has 2 heterocycles. The van der Waals surface area contributed by atoms with Crippen LogP contribution in [0.5, 0.6) is 0 Å². The molecule has 0 aliphatic carbocycles. The maximum absolute atomic E-state index is 13.4. The van der Waals surface area contributed by atoms with Gasteiger partial charge in [-0.05, 0) is 62.0 Å². The molecule has 0 bridgehead atoms. The number of benzene rings is 1. The number of amides is 2. The van der Waals surface area contributed by atoms with Crippen LogP contribution in [0.4, 0.5) is 0 Å². The fourth-order valence-electron chi connectivity index (χ4n) is 4.36. The van der Waals surface area contributed by atoms with Gasteiger partial charge in [-0.15, -0.1) is 11.3 Å². The topological polar surface area (TPSA) is 52.7 Å². The van der Waals surface area contributed by atoms with Crippen molar-refractivity contribution in [2.45, 2.75) is 45.1 Å². The number of likely N-dealkylation sites (N-methyl/N-ethyl adjacent to an activating group) is 1. The first kappa shape index (κ1) is 22.5. The summed E-state index contributed by atoms with van der Waals surface area (Å²) in [7, 11) is 1.80. The third kappa shape index (κ3) is 4.93. The molecule has 162 valence electrons. The highest BCUT2D eigenvalue weighted by Crippen LogP contribution is 2.43. The van der Waals surface area contributed by atoms with Crippen LogP contribution in [0.25, 0.3) is 0 Å². The zero-order valence-electron chi connectivity index (χ0n) is 18.3. The normalized spacial score (nSPS) is 18.5. The molecule has 0 radical (unpaired) electrons. The third-order valence-corrected chi connectivity index (χ3v) is 6.67. The van der Waals surface area contributed by atoms with Crippen molar-refractivity contribution in [1.29, 1.82) is 0 Å². The van der Waals surface area contributed by atoms with Gasteiger partial charge in [0.15, 0.2) is 0 Å². The zero-order valence-corrected chi connectivity index (χ0v) is 19.1. The minimum atomic E-state index is -0.398. The Bertz CT molecular complexity index is 831. The van der Waals surface area contributed by atoms with Gasteiger partial charge in [-0.3, -0.25) is 9.59 Å². The number of nitrogens with one attached hydrogen (secondary N) is 1. The smallest absolute Gasteiger partial charge is 0.254 e. The average molecular weight is 428 g/mol. The number of nitrogens with zero attached hydrogens (tertiary/aromatic N) is 2.